The van der Waals surface area contributed by atoms with E-state index in [1.807, 2.05) is 0 Å². The van der Waals surface area contributed by atoms with Gasteiger partial charge in [0.15, 0.2) is 0 Å². The molecule has 0 aliphatic carbocycles. The van der Waals surface area contributed by atoms with Crippen molar-refractivity contribution < 1.29 is 0 Å². The molecule has 0 fully saturated rings. The maximum absolute atomic E-state index is 5.96. The standard InChI is InChI=1S/C14H23BrN2/c1-3-8-17(9-4-2)14(11-16)12-6-5-7-13(15)10-12/h5-7,10,14H,3-4,8-9,11,16H2,1-2H3. The lowest BCUT2D eigenvalue weighted by Crippen LogP contribution is -2.35. The van der Waals surface area contributed by atoms with E-state index in [1.165, 1.54) is 18.4 Å². The molecule has 0 spiro atoms. The molecule has 0 radical (unpaired) electrons. The normalized spacial score (nSPS) is 13.0. The number of halogens is 1. The predicted octanol–water partition coefficient (Wildman–Crippen LogP) is 3.57. The molecule has 0 aromatic heterocycles. The van der Waals surface area contributed by atoms with Crippen LogP contribution in [0.3, 0.4) is 0 Å². The van der Waals surface area contributed by atoms with E-state index in [9.17, 15) is 0 Å². The maximum atomic E-state index is 5.96. The molecule has 17 heavy (non-hydrogen) atoms. The summed E-state index contributed by atoms with van der Waals surface area (Å²) in [5, 5.41) is 0. The Morgan fingerprint density at radius 1 is 1.24 bits per heavy atom. The number of nitrogens with two attached hydrogens (primary N) is 1. The van der Waals surface area contributed by atoms with Gasteiger partial charge in [-0.25, -0.2) is 0 Å². The first kappa shape index (κ1) is 14.7. The third-order valence-electron chi connectivity index (χ3n) is 2.92. The maximum Gasteiger partial charge on any atom is 0.0470 e. The molecule has 0 bridgehead atoms. The molecular weight excluding hydrogens is 276 g/mol. The van der Waals surface area contributed by atoms with Crippen molar-refractivity contribution in [3.05, 3.63) is 34.3 Å². The first-order valence-electron chi connectivity index (χ1n) is 6.42. The zero-order chi connectivity index (χ0) is 12.7. The summed E-state index contributed by atoms with van der Waals surface area (Å²) in [5.41, 5.74) is 7.27. The molecule has 1 rings (SSSR count). The van der Waals surface area contributed by atoms with Crippen molar-refractivity contribution in [1.29, 1.82) is 0 Å². The van der Waals surface area contributed by atoms with Gasteiger partial charge in [-0.15, -0.1) is 0 Å². The van der Waals surface area contributed by atoms with Crippen LogP contribution in [0.15, 0.2) is 28.7 Å². The lowest BCUT2D eigenvalue weighted by atomic mass is 10.0. The fourth-order valence-corrected chi connectivity index (χ4v) is 2.62. The Kier molecular flexibility index (Phi) is 6.78. The van der Waals surface area contributed by atoms with Gasteiger partial charge in [-0.3, -0.25) is 4.90 Å². The number of benzene rings is 1. The van der Waals surface area contributed by atoms with Crippen LogP contribution in [0.1, 0.15) is 38.3 Å². The van der Waals surface area contributed by atoms with E-state index in [1.54, 1.807) is 0 Å². The molecule has 1 aromatic carbocycles. The highest BCUT2D eigenvalue weighted by atomic mass is 79.9. The minimum atomic E-state index is 0.340. The fourth-order valence-electron chi connectivity index (χ4n) is 2.21. The van der Waals surface area contributed by atoms with Gasteiger partial charge < -0.3 is 5.73 Å². The van der Waals surface area contributed by atoms with Crippen molar-refractivity contribution in [3.63, 3.8) is 0 Å². The van der Waals surface area contributed by atoms with E-state index in [0.29, 0.717) is 12.6 Å². The smallest absolute Gasteiger partial charge is 0.0470 e. The topological polar surface area (TPSA) is 29.3 Å². The summed E-state index contributed by atoms with van der Waals surface area (Å²) < 4.78 is 1.13. The van der Waals surface area contributed by atoms with Gasteiger partial charge in [-0.05, 0) is 43.6 Å². The van der Waals surface area contributed by atoms with Crippen LogP contribution in [0.5, 0.6) is 0 Å². The van der Waals surface area contributed by atoms with Gasteiger partial charge in [0.2, 0.25) is 0 Å². The molecule has 0 amide bonds. The van der Waals surface area contributed by atoms with Gasteiger partial charge >= 0.3 is 0 Å². The number of hydrogen-bond donors (Lipinski definition) is 1. The Hall–Kier alpha value is -0.380. The van der Waals surface area contributed by atoms with Crippen molar-refractivity contribution in [3.8, 4) is 0 Å². The molecule has 0 saturated carbocycles. The van der Waals surface area contributed by atoms with E-state index < -0.39 is 0 Å². The summed E-state index contributed by atoms with van der Waals surface area (Å²) in [5.74, 6) is 0. The molecule has 1 aromatic rings. The summed E-state index contributed by atoms with van der Waals surface area (Å²) in [6.07, 6.45) is 2.34. The second kappa shape index (κ2) is 7.85. The molecule has 3 heteroatoms. The van der Waals surface area contributed by atoms with E-state index in [2.05, 4.69) is 58.9 Å². The number of rotatable bonds is 7. The summed E-state index contributed by atoms with van der Waals surface area (Å²) in [6, 6.07) is 8.82. The molecule has 1 unspecified atom stereocenters. The first-order chi connectivity index (χ1) is 8.22. The molecule has 96 valence electrons. The second-order valence-electron chi connectivity index (χ2n) is 4.34. The van der Waals surface area contributed by atoms with E-state index in [-0.39, 0.29) is 0 Å². The molecule has 2 nitrogen and oxygen atoms in total. The molecule has 0 heterocycles. The van der Waals surface area contributed by atoms with Crippen molar-refractivity contribution >= 4 is 15.9 Å². The molecule has 0 aliphatic heterocycles. The minimum Gasteiger partial charge on any atom is -0.329 e. The Labute approximate surface area is 113 Å². The third kappa shape index (κ3) is 4.41. The quantitative estimate of drug-likeness (QED) is 0.834. The van der Waals surface area contributed by atoms with E-state index in [0.717, 1.165) is 17.6 Å². The van der Waals surface area contributed by atoms with Crippen LogP contribution < -0.4 is 5.73 Å². The summed E-state index contributed by atoms with van der Waals surface area (Å²) >= 11 is 3.53. The summed E-state index contributed by atoms with van der Waals surface area (Å²) in [4.78, 5) is 2.49. The van der Waals surface area contributed by atoms with Crippen LogP contribution >= 0.6 is 15.9 Å². The highest BCUT2D eigenvalue weighted by molar-refractivity contribution is 9.10. The van der Waals surface area contributed by atoms with Crippen molar-refractivity contribution in [2.75, 3.05) is 19.6 Å². The van der Waals surface area contributed by atoms with Crippen molar-refractivity contribution in [1.82, 2.24) is 4.90 Å². The van der Waals surface area contributed by atoms with Crippen LogP contribution in [-0.2, 0) is 0 Å². The van der Waals surface area contributed by atoms with Gasteiger partial charge in [-0.2, -0.15) is 0 Å². The van der Waals surface area contributed by atoms with Gasteiger partial charge in [0.1, 0.15) is 0 Å². The van der Waals surface area contributed by atoms with Crippen LogP contribution in [0.2, 0.25) is 0 Å². The van der Waals surface area contributed by atoms with Crippen LogP contribution in [0, 0.1) is 0 Å². The highest BCUT2D eigenvalue weighted by Gasteiger charge is 2.17. The van der Waals surface area contributed by atoms with Gasteiger partial charge in [0.25, 0.3) is 0 Å². The first-order valence-corrected chi connectivity index (χ1v) is 7.21. The highest BCUT2D eigenvalue weighted by Crippen LogP contribution is 2.23. The Morgan fingerprint density at radius 3 is 2.35 bits per heavy atom. The Morgan fingerprint density at radius 2 is 1.88 bits per heavy atom. The summed E-state index contributed by atoms with van der Waals surface area (Å²) in [7, 11) is 0. The monoisotopic (exact) mass is 298 g/mol. The molecule has 0 saturated heterocycles. The van der Waals surface area contributed by atoms with Crippen molar-refractivity contribution in [2.45, 2.75) is 32.7 Å². The average molecular weight is 299 g/mol. The SMILES string of the molecule is CCCN(CCC)C(CN)c1cccc(Br)c1. The number of hydrogen-bond acceptors (Lipinski definition) is 2. The Balaban J connectivity index is 2.87. The lowest BCUT2D eigenvalue weighted by molar-refractivity contribution is 0.202. The zero-order valence-corrected chi connectivity index (χ0v) is 12.4. The van der Waals surface area contributed by atoms with E-state index >= 15 is 0 Å². The van der Waals surface area contributed by atoms with Crippen molar-refractivity contribution in [2.24, 2.45) is 5.73 Å². The average Bonchev–Trinajstić information content (AvgIpc) is 2.31. The largest absolute Gasteiger partial charge is 0.329 e. The minimum absolute atomic E-state index is 0.340. The molecule has 0 aliphatic rings. The fraction of sp³-hybridized carbons (Fsp3) is 0.571. The molecular formula is C14H23BrN2. The summed E-state index contributed by atoms with van der Waals surface area (Å²) in [6.45, 7) is 7.34. The number of nitrogens with zero attached hydrogens (tertiary/aromatic N) is 1. The van der Waals surface area contributed by atoms with Crippen LogP contribution in [0.4, 0.5) is 0 Å². The zero-order valence-electron chi connectivity index (χ0n) is 10.8. The third-order valence-corrected chi connectivity index (χ3v) is 3.41. The van der Waals surface area contributed by atoms with Gasteiger partial charge in [0, 0.05) is 17.1 Å². The lowest BCUT2D eigenvalue weighted by Gasteiger charge is -2.30. The van der Waals surface area contributed by atoms with Gasteiger partial charge in [-0.1, -0.05) is 41.9 Å². The predicted molar refractivity (Wildman–Crippen MR) is 78.1 cm³/mol. The molecule has 2 N–H and O–H groups in total. The second-order valence-corrected chi connectivity index (χ2v) is 5.26. The van der Waals surface area contributed by atoms with Gasteiger partial charge in [0.05, 0.1) is 0 Å². The van der Waals surface area contributed by atoms with Crippen LogP contribution in [-0.4, -0.2) is 24.5 Å². The van der Waals surface area contributed by atoms with Crippen LogP contribution in [0.25, 0.3) is 0 Å². The van der Waals surface area contributed by atoms with E-state index in [4.69, 9.17) is 5.73 Å². The Bertz CT molecular complexity index is 322. The molecule has 1 atom stereocenters.